The SMILES string of the molecule is C#CCN(CC)C(=O)c1ccc(Cl)nc1. The number of aromatic nitrogens is 1. The summed E-state index contributed by atoms with van der Waals surface area (Å²) in [6, 6.07) is 3.22. The topological polar surface area (TPSA) is 33.2 Å². The van der Waals surface area contributed by atoms with Crippen LogP contribution >= 0.6 is 11.6 Å². The van der Waals surface area contributed by atoms with Crippen LogP contribution in [-0.2, 0) is 0 Å². The quantitative estimate of drug-likeness (QED) is 0.578. The summed E-state index contributed by atoms with van der Waals surface area (Å²) in [5.74, 6) is 2.31. The molecule has 1 amide bonds. The number of amides is 1. The van der Waals surface area contributed by atoms with E-state index in [-0.39, 0.29) is 5.91 Å². The van der Waals surface area contributed by atoms with Gasteiger partial charge in [0.15, 0.2) is 0 Å². The minimum Gasteiger partial charge on any atom is -0.328 e. The zero-order chi connectivity index (χ0) is 11.3. The predicted molar refractivity (Wildman–Crippen MR) is 59.7 cm³/mol. The Kier molecular flexibility index (Phi) is 4.14. The summed E-state index contributed by atoms with van der Waals surface area (Å²) >= 11 is 5.62. The van der Waals surface area contributed by atoms with Crippen molar-refractivity contribution < 1.29 is 4.79 Å². The molecule has 3 nitrogen and oxygen atoms in total. The highest BCUT2D eigenvalue weighted by atomic mass is 35.5. The maximum Gasteiger partial charge on any atom is 0.256 e. The molecule has 0 bridgehead atoms. The fourth-order valence-corrected chi connectivity index (χ4v) is 1.23. The first kappa shape index (κ1) is 11.5. The Balaban J connectivity index is 2.84. The number of carbonyl (C=O) groups excluding carboxylic acids is 1. The van der Waals surface area contributed by atoms with Gasteiger partial charge in [0, 0.05) is 12.7 Å². The lowest BCUT2D eigenvalue weighted by molar-refractivity contribution is 0.0784. The molecule has 1 heterocycles. The van der Waals surface area contributed by atoms with Crippen LogP contribution in [0.2, 0.25) is 5.15 Å². The van der Waals surface area contributed by atoms with Gasteiger partial charge in [0.25, 0.3) is 5.91 Å². The van der Waals surface area contributed by atoms with E-state index in [9.17, 15) is 4.79 Å². The van der Waals surface area contributed by atoms with Crippen molar-refractivity contribution in [3.8, 4) is 12.3 Å². The van der Waals surface area contributed by atoms with Gasteiger partial charge in [0.05, 0.1) is 12.1 Å². The highest BCUT2D eigenvalue weighted by Crippen LogP contribution is 2.07. The van der Waals surface area contributed by atoms with E-state index in [4.69, 9.17) is 18.0 Å². The molecule has 0 saturated heterocycles. The maximum absolute atomic E-state index is 11.8. The van der Waals surface area contributed by atoms with Gasteiger partial charge in [-0.3, -0.25) is 4.79 Å². The highest BCUT2D eigenvalue weighted by molar-refractivity contribution is 6.29. The molecule has 1 rings (SSSR count). The molecule has 1 aromatic rings. The van der Waals surface area contributed by atoms with Crippen LogP contribution in [-0.4, -0.2) is 28.9 Å². The van der Waals surface area contributed by atoms with E-state index < -0.39 is 0 Å². The van der Waals surface area contributed by atoms with E-state index in [1.807, 2.05) is 6.92 Å². The minimum atomic E-state index is -0.125. The van der Waals surface area contributed by atoms with E-state index in [2.05, 4.69) is 10.9 Å². The summed E-state index contributed by atoms with van der Waals surface area (Å²) in [5.41, 5.74) is 0.497. The molecule has 0 aromatic carbocycles. The molecule has 0 aliphatic rings. The molecular formula is C11H11ClN2O. The van der Waals surface area contributed by atoms with Crippen LogP contribution < -0.4 is 0 Å². The molecule has 0 aliphatic heterocycles. The van der Waals surface area contributed by atoms with Gasteiger partial charge in [0.2, 0.25) is 0 Å². The highest BCUT2D eigenvalue weighted by Gasteiger charge is 2.12. The standard InChI is InChI=1S/C11H11ClN2O/c1-3-7-14(4-2)11(15)9-5-6-10(12)13-8-9/h1,5-6,8H,4,7H2,2H3. The van der Waals surface area contributed by atoms with Gasteiger partial charge in [-0.2, -0.15) is 0 Å². The summed E-state index contributed by atoms with van der Waals surface area (Å²) in [6.45, 7) is 2.75. The van der Waals surface area contributed by atoms with E-state index in [0.717, 1.165) is 0 Å². The van der Waals surface area contributed by atoms with Crippen molar-refractivity contribution in [3.05, 3.63) is 29.0 Å². The van der Waals surface area contributed by atoms with Crippen LogP contribution in [0.25, 0.3) is 0 Å². The molecule has 0 radical (unpaired) electrons. The maximum atomic E-state index is 11.8. The third-order valence-electron chi connectivity index (χ3n) is 1.93. The predicted octanol–water partition coefficient (Wildman–Crippen LogP) is 1.83. The van der Waals surface area contributed by atoms with Crippen molar-refractivity contribution >= 4 is 17.5 Å². The van der Waals surface area contributed by atoms with Gasteiger partial charge in [0.1, 0.15) is 5.15 Å². The van der Waals surface area contributed by atoms with Crippen LogP contribution in [0.4, 0.5) is 0 Å². The largest absolute Gasteiger partial charge is 0.328 e. The van der Waals surface area contributed by atoms with Crippen LogP contribution in [0.1, 0.15) is 17.3 Å². The van der Waals surface area contributed by atoms with Gasteiger partial charge in [-0.05, 0) is 19.1 Å². The molecule has 0 fully saturated rings. The van der Waals surface area contributed by atoms with E-state index in [1.54, 1.807) is 17.0 Å². The van der Waals surface area contributed by atoms with Crippen LogP contribution in [0.3, 0.4) is 0 Å². The molecule has 0 saturated carbocycles. The number of carbonyl (C=O) groups is 1. The normalized spacial score (nSPS) is 9.40. The second-order valence-electron chi connectivity index (χ2n) is 2.89. The summed E-state index contributed by atoms with van der Waals surface area (Å²) < 4.78 is 0. The number of nitrogens with zero attached hydrogens (tertiary/aromatic N) is 2. The third-order valence-corrected chi connectivity index (χ3v) is 2.15. The second kappa shape index (κ2) is 5.38. The summed E-state index contributed by atoms with van der Waals surface area (Å²) in [7, 11) is 0. The average Bonchev–Trinajstić information content (AvgIpc) is 2.26. The molecule has 4 heteroatoms. The van der Waals surface area contributed by atoms with E-state index in [1.165, 1.54) is 6.20 Å². The lowest BCUT2D eigenvalue weighted by Gasteiger charge is -2.17. The van der Waals surface area contributed by atoms with Gasteiger partial charge in [-0.15, -0.1) is 6.42 Å². The van der Waals surface area contributed by atoms with Crippen LogP contribution in [0.15, 0.2) is 18.3 Å². The molecule has 0 unspecified atom stereocenters. The van der Waals surface area contributed by atoms with Crippen molar-refractivity contribution in [3.63, 3.8) is 0 Å². The van der Waals surface area contributed by atoms with Crippen LogP contribution in [0, 0.1) is 12.3 Å². The van der Waals surface area contributed by atoms with Crippen LogP contribution in [0.5, 0.6) is 0 Å². The first-order valence-corrected chi connectivity index (χ1v) is 4.91. The fourth-order valence-electron chi connectivity index (χ4n) is 1.12. The Labute approximate surface area is 94.1 Å². The van der Waals surface area contributed by atoms with Gasteiger partial charge < -0.3 is 4.90 Å². The second-order valence-corrected chi connectivity index (χ2v) is 3.28. The molecule has 0 atom stereocenters. The van der Waals surface area contributed by atoms with E-state index >= 15 is 0 Å². The first-order chi connectivity index (χ1) is 7.19. The number of halogens is 1. The minimum absolute atomic E-state index is 0.125. The zero-order valence-corrected chi connectivity index (χ0v) is 9.16. The number of terminal acetylenes is 1. The Morgan fingerprint density at radius 2 is 2.40 bits per heavy atom. The lowest BCUT2D eigenvalue weighted by Crippen LogP contribution is -2.31. The Morgan fingerprint density at radius 3 is 2.87 bits per heavy atom. The number of pyridine rings is 1. The lowest BCUT2D eigenvalue weighted by atomic mass is 10.2. The molecule has 0 N–H and O–H groups in total. The van der Waals surface area contributed by atoms with Crippen molar-refractivity contribution in [2.24, 2.45) is 0 Å². The molecule has 0 aliphatic carbocycles. The monoisotopic (exact) mass is 222 g/mol. The average molecular weight is 223 g/mol. The Hall–Kier alpha value is -1.53. The van der Waals surface area contributed by atoms with Crippen molar-refractivity contribution in [2.75, 3.05) is 13.1 Å². The Bertz CT molecular complexity index is 381. The van der Waals surface area contributed by atoms with Gasteiger partial charge >= 0.3 is 0 Å². The van der Waals surface area contributed by atoms with Gasteiger partial charge in [-0.25, -0.2) is 4.98 Å². The van der Waals surface area contributed by atoms with E-state index in [0.29, 0.717) is 23.8 Å². The molecule has 15 heavy (non-hydrogen) atoms. The molecular weight excluding hydrogens is 212 g/mol. The molecule has 0 spiro atoms. The fraction of sp³-hybridized carbons (Fsp3) is 0.273. The van der Waals surface area contributed by atoms with Crippen molar-refractivity contribution in [2.45, 2.75) is 6.92 Å². The number of rotatable bonds is 3. The molecule has 1 aromatic heterocycles. The van der Waals surface area contributed by atoms with Crippen molar-refractivity contribution in [1.82, 2.24) is 9.88 Å². The summed E-state index contributed by atoms with van der Waals surface area (Å²) in [6.07, 6.45) is 6.61. The Morgan fingerprint density at radius 1 is 1.67 bits per heavy atom. The summed E-state index contributed by atoms with van der Waals surface area (Å²) in [5, 5.41) is 0.367. The molecule has 78 valence electrons. The van der Waals surface area contributed by atoms with Gasteiger partial charge in [-0.1, -0.05) is 17.5 Å². The number of hydrogen-bond acceptors (Lipinski definition) is 2. The zero-order valence-electron chi connectivity index (χ0n) is 8.40. The smallest absolute Gasteiger partial charge is 0.256 e. The third kappa shape index (κ3) is 2.97. The van der Waals surface area contributed by atoms with Crippen molar-refractivity contribution in [1.29, 1.82) is 0 Å². The number of hydrogen-bond donors (Lipinski definition) is 0. The first-order valence-electron chi connectivity index (χ1n) is 4.53. The summed E-state index contributed by atoms with van der Waals surface area (Å²) in [4.78, 5) is 17.2.